The second kappa shape index (κ2) is 3.55. The number of hydrogen-bond acceptors (Lipinski definition) is 3. The molecule has 0 radical (unpaired) electrons. The third-order valence-corrected chi connectivity index (χ3v) is 2.00. The van der Waals surface area contributed by atoms with Crippen molar-refractivity contribution < 1.29 is 22.8 Å². The zero-order valence-electron chi connectivity index (χ0n) is 7.82. The fraction of sp³-hybridized carbons (Fsp3) is 0.100. The van der Waals surface area contributed by atoms with Gasteiger partial charge in [-0.1, -0.05) is 18.2 Å². The quantitative estimate of drug-likeness (QED) is 0.817. The maximum absolute atomic E-state index is 12.6. The Morgan fingerprint density at radius 3 is 2.44 bits per heavy atom. The summed E-state index contributed by atoms with van der Waals surface area (Å²) in [6, 6.07) is 5.95. The van der Waals surface area contributed by atoms with E-state index in [1.807, 2.05) is 0 Å². The second-order valence-corrected chi connectivity index (χ2v) is 3.09. The Morgan fingerprint density at radius 1 is 1.19 bits per heavy atom. The SMILES string of the molecule is Oc1cc(-c2ccccc2C(F)(F)F)on1. The Kier molecular flexibility index (Phi) is 2.34. The Balaban J connectivity index is 2.57. The monoisotopic (exact) mass is 229 g/mol. The summed E-state index contributed by atoms with van der Waals surface area (Å²) < 4.78 is 42.4. The number of hydrogen-bond donors (Lipinski definition) is 1. The second-order valence-electron chi connectivity index (χ2n) is 3.09. The molecule has 1 aromatic heterocycles. The molecule has 1 N–H and O–H groups in total. The molecule has 3 nitrogen and oxygen atoms in total. The number of aromatic hydroxyl groups is 1. The highest BCUT2D eigenvalue weighted by molar-refractivity contribution is 5.63. The van der Waals surface area contributed by atoms with Crippen LogP contribution in [0.15, 0.2) is 34.9 Å². The maximum Gasteiger partial charge on any atom is 0.417 e. The summed E-state index contributed by atoms with van der Waals surface area (Å²) in [6.45, 7) is 0. The number of alkyl halides is 3. The van der Waals surface area contributed by atoms with Gasteiger partial charge in [-0.05, 0) is 11.2 Å². The minimum absolute atomic E-state index is 0.120. The lowest BCUT2D eigenvalue weighted by Gasteiger charge is -2.09. The molecule has 0 aliphatic rings. The van der Waals surface area contributed by atoms with Crippen molar-refractivity contribution in [2.45, 2.75) is 6.18 Å². The first-order chi connectivity index (χ1) is 7.48. The van der Waals surface area contributed by atoms with Gasteiger partial charge in [0.25, 0.3) is 5.88 Å². The molecule has 0 aliphatic heterocycles. The van der Waals surface area contributed by atoms with Crippen molar-refractivity contribution in [1.82, 2.24) is 5.16 Å². The van der Waals surface area contributed by atoms with Gasteiger partial charge in [-0.2, -0.15) is 13.2 Å². The van der Waals surface area contributed by atoms with E-state index in [0.29, 0.717) is 0 Å². The molecule has 1 aromatic carbocycles. The average molecular weight is 229 g/mol. The van der Waals surface area contributed by atoms with Crippen LogP contribution in [0.25, 0.3) is 11.3 Å². The third kappa shape index (κ3) is 1.86. The lowest BCUT2D eigenvalue weighted by molar-refractivity contribution is -0.137. The van der Waals surface area contributed by atoms with E-state index in [1.54, 1.807) is 0 Å². The summed E-state index contributed by atoms with van der Waals surface area (Å²) in [4.78, 5) is 0. The first-order valence-electron chi connectivity index (χ1n) is 4.31. The summed E-state index contributed by atoms with van der Waals surface area (Å²) in [7, 11) is 0. The molecule has 0 saturated heterocycles. The van der Waals surface area contributed by atoms with Gasteiger partial charge in [0, 0.05) is 11.6 Å². The molecule has 2 aromatic rings. The summed E-state index contributed by atoms with van der Waals surface area (Å²) in [5, 5.41) is 12.1. The van der Waals surface area contributed by atoms with Crippen molar-refractivity contribution in [3.05, 3.63) is 35.9 Å². The van der Waals surface area contributed by atoms with Crippen LogP contribution in [0.4, 0.5) is 13.2 Å². The van der Waals surface area contributed by atoms with Gasteiger partial charge in [-0.15, -0.1) is 0 Å². The first-order valence-corrected chi connectivity index (χ1v) is 4.31. The minimum Gasteiger partial charge on any atom is -0.491 e. The molecule has 2 rings (SSSR count). The van der Waals surface area contributed by atoms with Crippen LogP contribution in [0.5, 0.6) is 5.88 Å². The van der Waals surface area contributed by atoms with Crippen molar-refractivity contribution in [3.8, 4) is 17.2 Å². The molecule has 0 unspecified atom stereocenters. The summed E-state index contributed by atoms with van der Waals surface area (Å²) in [5.41, 5.74) is -0.978. The molecule has 1 heterocycles. The first kappa shape index (κ1) is 10.5. The van der Waals surface area contributed by atoms with E-state index in [0.717, 1.165) is 12.1 Å². The van der Waals surface area contributed by atoms with Crippen molar-refractivity contribution in [1.29, 1.82) is 0 Å². The Bertz CT molecular complexity index is 505. The Labute approximate surface area is 88.1 Å². The standard InChI is InChI=1S/C10H6F3NO2/c11-10(12,13)7-4-2-1-3-6(7)8-5-9(15)14-16-8/h1-5H,(H,14,15). The normalized spacial score (nSPS) is 11.7. The van der Waals surface area contributed by atoms with Crippen LogP contribution in [0.2, 0.25) is 0 Å². The van der Waals surface area contributed by atoms with Crippen molar-refractivity contribution in [3.63, 3.8) is 0 Å². The molecule has 16 heavy (non-hydrogen) atoms. The minimum atomic E-state index is -4.47. The van der Waals surface area contributed by atoms with Crippen molar-refractivity contribution in [2.75, 3.05) is 0 Å². The van der Waals surface area contributed by atoms with Crippen molar-refractivity contribution in [2.24, 2.45) is 0 Å². The molecule has 6 heteroatoms. The molecule has 0 saturated carbocycles. The Hall–Kier alpha value is -1.98. The van der Waals surface area contributed by atoms with Gasteiger partial charge in [0.05, 0.1) is 5.56 Å². The fourth-order valence-corrected chi connectivity index (χ4v) is 1.34. The number of nitrogens with zero attached hydrogens (tertiary/aromatic N) is 1. The zero-order valence-corrected chi connectivity index (χ0v) is 7.82. The zero-order chi connectivity index (χ0) is 11.8. The van der Waals surface area contributed by atoms with E-state index in [1.165, 1.54) is 18.2 Å². The largest absolute Gasteiger partial charge is 0.491 e. The van der Waals surface area contributed by atoms with Gasteiger partial charge in [0.1, 0.15) is 0 Å². The van der Waals surface area contributed by atoms with Gasteiger partial charge in [-0.25, -0.2) is 0 Å². The highest BCUT2D eigenvalue weighted by Crippen LogP contribution is 2.37. The summed E-state index contributed by atoms with van der Waals surface area (Å²) in [5.74, 6) is -0.572. The Morgan fingerprint density at radius 2 is 1.88 bits per heavy atom. The van der Waals surface area contributed by atoms with Crippen LogP contribution >= 0.6 is 0 Å². The number of halogens is 3. The van der Waals surface area contributed by atoms with Gasteiger partial charge in [0.15, 0.2) is 5.76 Å². The lowest BCUT2D eigenvalue weighted by Crippen LogP contribution is -2.06. The van der Waals surface area contributed by atoms with Gasteiger partial charge >= 0.3 is 6.18 Å². The predicted molar refractivity (Wildman–Crippen MR) is 48.6 cm³/mol. The molecule has 0 bridgehead atoms. The van der Waals surface area contributed by atoms with Crippen LogP contribution in [-0.4, -0.2) is 10.3 Å². The highest BCUT2D eigenvalue weighted by Gasteiger charge is 2.34. The van der Waals surface area contributed by atoms with E-state index in [-0.39, 0.29) is 11.3 Å². The summed E-state index contributed by atoms with van der Waals surface area (Å²) in [6.07, 6.45) is -4.47. The molecule has 0 aliphatic carbocycles. The summed E-state index contributed by atoms with van der Waals surface area (Å²) >= 11 is 0. The van der Waals surface area contributed by atoms with E-state index in [9.17, 15) is 13.2 Å². The molecule has 84 valence electrons. The van der Waals surface area contributed by atoms with E-state index >= 15 is 0 Å². The number of rotatable bonds is 1. The van der Waals surface area contributed by atoms with Gasteiger partial charge in [0.2, 0.25) is 0 Å². The third-order valence-electron chi connectivity index (χ3n) is 2.00. The van der Waals surface area contributed by atoms with E-state index < -0.39 is 17.6 Å². The average Bonchev–Trinajstić information content (AvgIpc) is 2.64. The topological polar surface area (TPSA) is 46.3 Å². The number of aromatic nitrogens is 1. The molecule has 0 amide bonds. The molecule has 0 spiro atoms. The van der Waals surface area contributed by atoms with Crippen LogP contribution in [-0.2, 0) is 6.18 Å². The van der Waals surface area contributed by atoms with Gasteiger partial charge in [-0.3, -0.25) is 0 Å². The van der Waals surface area contributed by atoms with Crippen molar-refractivity contribution >= 4 is 0 Å². The van der Waals surface area contributed by atoms with Crippen LogP contribution < -0.4 is 0 Å². The highest BCUT2D eigenvalue weighted by atomic mass is 19.4. The molecule has 0 atom stereocenters. The van der Waals surface area contributed by atoms with Crippen LogP contribution in [0.1, 0.15) is 5.56 Å². The van der Waals surface area contributed by atoms with Crippen LogP contribution in [0, 0.1) is 0 Å². The lowest BCUT2D eigenvalue weighted by atomic mass is 10.1. The van der Waals surface area contributed by atoms with Gasteiger partial charge < -0.3 is 9.63 Å². The predicted octanol–water partition coefficient (Wildman–Crippen LogP) is 3.07. The molecular formula is C10H6F3NO2. The number of benzene rings is 1. The van der Waals surface area contributed by atoms with E-state index in [2.05, 4.69) is 9.68 Å². The maximum atomic E-state index is 12.6. The smallest absolute Gasteiger partial charge is 0.417 e. The van der Waals surface area contributed by atoms with Crippen LogP contribution in [0.3, 0.4) is 0 Å². The molecular weight excluding hydrogens is 223 g/mol. The fourth-order valence-electron chi connectivity index (χ4n) is 1.34. The van der Waals surface area contributed by atoms with E-state index in [4.69, 9.17) is 5.11 Å². The molecule has 0 fully saturated rings.